The largest absolute Gasteiger partial charge is 0.466 e. The highest BCUT2D eigenvalue weighted by atomic mass is 19.2. The van der Waals surface area contributed by atoms with Crippen LogP contribution in [-0.4, -0.2) is 104 Å². The van der Waals surface area contributed by atoms with Crippen LogP contribution < -0.4 is 15.4 Å². The Morgan fingerprint density at radius 3 is 2.56 bits per heavy atom. The number of nitrogens with zero attached hydrogens (tertiary/aromatic N) is 4. The van der Waals surface area contributed by atoms with Gasteiger partial charge in [0.25, 0.3) is 5.91 Å². The van der Waals surface area contributed by atoms with Crippen molar-refractivity contribution in [2.45, 2.75) is 18.9 Å². The smallest absolute Gasteiger partial charge is 0.320 e. The number of amides is 3. The highest BCUT2D eigenvalue weighted by molar-refractivity contribution is 5.90. The number of hydrogen-bond acceptors (Lipinski definition) is 7. The lowest BCUT2D eigenvalue weighted by Gasteiger charge is -2.26. The zero-order valence-electron chi connectivity index (χ0n) is 24.2. The average molecular weight is 599 g/mol. The van der Waals surface area contributed by atoms with Crippen LogP contribution in [0.4, 0.5) is 19.4 Å². The van der Waals surface area contributed by atoms with Gasteiger partial charge in [-0.25, -0.2) is 18.3 Å². The van der Waals surface area contributed by atoms with Crippen LogP contribution in [0.3, 0.4) is 0 Å². The Balaban J connectivity index is 1.34. The average Bonchev–Trinajstić information content (AvgIpc) is 3.56. The third-order valence-corrected chi connectivity index (χ3v) is 7.70. The Morgan fingerprint density at radius 1 is 1.07 bits per heavy atom. The fourth-order valence-electron chi connectivity index (χ4n) is 5.38. The van der Waals surface area contributed by atoms with Gasteiger partial charge in [-0.2, -0.15) is 0 Å². The first-order valence-corrected chi connectivity index (χ1v) is 14.2. The minimum atomic E-state index is -0.932. The van der Waals surface area contributed by atoms with Gasteiger partial charge in [0.15, 0.2) is 18.2 Å². The van der Waals surface area contributed by atoms with Gasteiger partial charge in [0.1, 0.15) is 5.82 Å². The fraction of sp³-hybridized carbons (Fsp3) is 0.433. The molecule has 2 unspecified atom stereocenters. The Morgan fingerprint density at radius 2 is 1.84 bits per heavy atom. The molecule has 11 nitrogen and oxygen atoms in total. The van der Waals surface area contributed by atoms with E-state index in [-0.39, 0.29) is 24.3 Å². The van der Waals surface area contributed by atoms with Crippen molar-refractivity contribution < 1.29 is 32.6 Å². The van der Waals surface area contributed by atoms with Crippen LogP contribution in [-0.2, 0) is 14.3 Å². The number of nitrogens with one attached hydrogen (secondary N) is 2. The van der Waals surface area contributed by atoms with Crippen molar-refractivity contribution in [2.75, 3.05) is 71.6 Å². The Labute approximate surface area is 248 Å². The zero-order chi connectivity index (χ0) is 30.3. The number of hydrogen-bond donors (Lipinski definition) is 2. The number of aromatic nitrogens is 2. The molecule has 0 spiro atoms. The maximum atomic E-state index is 14.1. The van der Waals surface area contributed by atoms with Crippen molar-refractivity contribution in [3.05, 3.63) is 71.3 Å². The van der Waals surface area contributed by atoms with Gasteiger partial charge in [-0.3, -0.25) is 15.0 Å². The molecule has 2 saturated heterocycles. The number of carbonyl (C=O) groups excluding carboxylic acids is 2. The van der Waals surface area contributed by atoms with Crippen LogP contribution in [0.25, 0.3) is 5.69 Å². The molecule has 3 aromatic rings. The molecule has 3 heterocycles. The molecule has 13 heteroatoms. The van der Waals surface area contributed by atoms with E-state index in [9.17, 15) is 18.4 Å². The molecule has 43 heavy (non-hydrogen) atoms. The van der Waals surface area contributed by atoms with Crippen molar-refractivity contribution in [3.8, 4) is 11.6 Å². The normalized spacial score (nSPS) is 18.9. The summed E-state index contributed by atoms with van der Waals surface area (Å²) in [4.78, 5) is 29.9. The molecule has 0 saturated carbocycles. The SMILES string of the molecule is COCCN1CC(NC(=O)Nc2c(C)c(OCC(=O)N3CCOCC3)nn2-c2ccccc2)C(c2ccc(F)c(F)c2)C1. The minimum absolute atomic E-state index is 0.174. The summed E-state index contributed by atoms with van der Waals surface area (Å²) in [6.07, 6.45) is 0. The molecule has 2 N–H and O–H groups in total. The Bertz CT molecular complexity index is 1420. The predicted molar refractivity (Wildman–Crippen MR) is 155 cm³/mol. The maximum absolute atomic E-state index is 14.1. The Hall–Kier alpha value is -4.07. The van der Waals surface area contributed by atoms with Gasteiger partial charge in [-0.1, -0.05) is 24.3 Å². The summed E-state index contributed by atoms with van der Waals surface area (Å²) in [6, 6.07) is 12.2. The first-order chi connectivity index (χ1) is 20.8. The summed E-state index contributed by atoms with van der Waals surface area (Å²) in [6.45, 7) is 5.68. The number of morpholine rings is 1. The number of anilines is 1. The van der Waals surface area contributed by atoms with Crippen molar-refractivity contribution >= 4 is 17.8 Å². The van der Waals surface area contributed by atoms with Gasteiger partial charge >= 0.3 is 6.03 Å². The van der Waals surface area contributed by atoms with Crippen molar-refractivity contribution in [1.29, 1.82) is 0 Å². The number of rotatable bonds is 10. The molecule has 1 aromatic heterocycles. The van der Waals surface area contributed by atoms with Crippen molar-refractivity contribution in [1.82, 2.24) is 24.9 Å². The van der Waals surface area contributed by atoms with E-state index < -0.39 is 23.7 Å². The third kappa shape index (κ3) is 7.29. The van der Waals surface area contributed by atoms with E-state index in [0.717, 1.165) is 6.07 Å². The zero-order valence-corrected chi connectivity index (χ0v) is 24.2. The maximum Gasteiger partial charge on any atom is 0.320 e. The summed E-state index contributed by atoms with van der Waals surface area (Å²) >= 11 is 0. The van der Waals surface area contributed by atoms with E-state index in [2.05, 4.69) is 20.6 Å². The van der Waals surface area contributed by atoms with E-state index >= 15 is 0 Å². The number of halogens is 2. The number of urea groups is 1. The highest BCUT2D eigenvalue weighted by Crippen LogP contribution is 2.31. The molecule has 3 amide bonds. The summed E-state index contributed by atoms with van der Waals surface area (Å²) in [5.41, 5.74) is 1.82. The minimum Gasteiger partial charge on any atom is -0.466 e. The van der Waals surface area contributed by atoms with E-state index in [1.54, 1.807) is 29.7 Å². The number of para-hydroxylation sites is 1. The molecule has 2 fully saturated rings. The monoisotopic (exact) mass is 598 g/mol. The number of carbonyl (C=O) groups is 2. The van der Waals surface area contributed by atoms with E-state index in [4.69, 9.17) is 14.2 Å². The van der Waals surface area contributed by atoms with E-state index in [0.29, 0.717) is 75.2 Å². The molecule has 0 aliphatic carbocycles. The van der Waals surface area contributed by atoms with Gasteiger partial charge in [0.2, 0.25) is 5.88 Å². The predicted octanol–water partition coefficient (Wildman–Crippen LogP) is 2.93. The van der Waals surface area contributed by atoms with Crippen LogP contribution in [0.15, 0.2) is 48.5 Å². The number of ether oxygens (including phenoxy) is 3. The van der Waals surface area contributed by atoms with Crippen LogP contribution in [0.2, 0.25) is 0 Å². The van der Waals surface area contributed by atoms with Crippen molar-refractivity contribution in [3.63, 3.8) is 0 Å². The topological polar surface area (TPSA) is 110 Å². The molecule has 5 rings (SSSR count). The standard InChI is InChI=1S/C30H36F2N6O5/c1-20-28(38(22-6-4-3-5-7-22)35-29(20)43-19-27(39)37-11-14-42-15-12-37)34-30(40)33-26-18-36(10-13-41-2)17-23(26)21-8-9-24(31)25(32)16-21/h3-9,16,23,26H,10-15,17-19H2,1-2H3,(H2,33,34,40). The van der Waals surface area contributed by atoms with E-state index in [1.807, 2.05) is 30.3 Å². The number of likely N-dealkylation sites (tertiary alicyclic amines) is 1. The number of methoxy groups -OCH3 is 1. The summed E-state index contributed by atoms with van der Waals surface area (Å²) in [7, 11) is 1.61. The highest BCUT2D eigenvalue weighted by Gasteiger charge is 2.35. The molecule has 2 aliphatic heterocycles. The lowest BCUT2D eigenvalue weighted by Crippen LogP contribution is -2.43. The molecule has 2 atom stereocenters. The van der Waals surface area contributed by atoms with Gasteiger partial charge in [0, 0.05) is 45.8 Å². The van der Waals surface area contributed by atoms with Crippen LogP contribution in [0, 0.1) is 18.6 Å². The Kier molecular flexibility index (Phi) is 9.85. The second-order valence-corrected chi connectivity index (χ2v) is 10.5. The quantitative estimate of drug-likeness (QED) is 0.369. The van der Waals surface area contributed by atoms with Gasteiger partial charge < -0.3 is 24.4 Å². The van der Waals surface area contributed by atoms with Crippen LogP contribution in [0.1, 0.15) is 17.0 Å². The first-order valence-electron chi connectivity index (χ1n) is 14.2. The molecular formula is C30H36F2N6O5. The first kappa shape index (κ1) is 30.4. The summed E-state index contributed by atoms with van der Waals surface area (Å²) in [5, 5.41) is 10.5. The molecule has 0 bridgehead atoms. The molecule has 2 aliphatic rings. The van der Waals surface area contributed by atoms with Crippen LogP contribution in [0.5, 0.6) is 5.88 Å². The summed E-state index contributed by atoms with van der Waals surface area (Å²) < 4.78 is 45.7. The molecular weight excluding hydrogens is 562 g/mol. The molecule has 2 aromatic carbocycles. The third-order valence-electron chi connectivity index (χ3n) is 7.70. The number of benzene rings is 2. The fourth-order valence-corrected chi connectivity index (χ4v) is 5.38. The molecule has 230 valence electrons. The second-order valence-electron chi connectivity index (χ2n) is 10.5. The lowest BCUT2D eigenvalue weighted by molar-refractivity contribution is -0.137. The van der Waals surface area contributed by atoms with Crippen LogP contribution >= 0.6 is 0 Å². The second kappa shape index (κ2) is 13.9. The summed E-state index contributed by atoms with van der Waals surface area (Å²) in [5.74, 6) is -1.72. The van der Waals surface area contributed by atoms with Gasteiger partial charge in [0.05, 0.1) is 37.1 Å². The lowest BCUT2D eigenvalue weighted by atomic mass is 9.94. The van der Waals surface area contributed by atoms with Crippen molar-refractivity contribution in [2.24, 2.45) is 0 Å². The van der Waals surface area contributed by atoms with Gasteiger partial charge in [-0.15, -0.1) is 5.10 Å². The van der Waals surface area contributed by atoms with Gasteiger partial charge in [-0.05, 0) is 36.8 Å². The van der Waals surface area contributed by atoms with E-state index in [1.165, 1.54) is 6.07 Å². The molecule has 0 radical (unpaired) electrons.